The van der Waals surface area contributed by atoms with Gasteiger partial charge in [0.05, 0.1) is 29.6 Å². The van der Waals surface area contributed by atoms with Crippen molar-refractivity contribution in [1.29, 1.82) is 5.26 Å². The second-order valence-electron chi connectivity index (χ2n) is 5.30. The van der Waals surface area contributed by atoms with E-state index in [1.807, 2.05) is 13.0 Å². The van der Waals surface area contributed by atoms with Crippen LogP contribution in [0.3, 0.4) is 0 Å². The Bertz CT molecular complexity index is 764. The van der Waals surface area contributed by atoms with Gasteiger partial charge < -0.3 is 0 Å². The number of nitrogens with zero attached hydrogens (tertiary/aromatic N) is 3. The molecule has 3 nitrogen and oxygen atoms in total. The number of benzene rings is 2. The largest absolute Gasteiger partial charge is 0.206 e. The van der Waals surface area contributed by atoms with Crippen LogP contribution in [-0.4, -0.2) is 12.4 Å². The molecule has 0 aliphatic heterocycles. The Hall–Kier alpha value is -2.87. The van der Waals surface area contributed by atoms with E-state index in [1.165, 1.54) is 18.3 Å². The predicted molar refractivity (Wildman–Crippen MR) is 91.3 cm³/mol. The van der Waals surface area contributed by atoms with Gasteiger partial charge in [-0.15, -0.1) is 0 Å². The van der Waals surface area contributed by atoms with E-state index in [0.29, 0.717) is 17.5 Å². The zero-order valence-electron chi connectivity index (χ0n) is 13.3. The highest BCUT2D eigenvalue weighted by atomic mass is 19.1. The van der Waals surface area contributed by atoms with Crippen LogP contribution >= 0.6 is 0 Å². The Morgan fingerprint density at radius 2 is 1.67 bits per heavy atom. The van der Waals surface area contributed by atoms with Crippen molar-refractivity contribution in [2.75, 3.05) is 0 Å². The normalized spacial score (nSPS) is 11.2. The molecule has 0 amide bonds. The first-order valence-corrected chi connectivity index (χ1v) is 7.68. The van der Waals surface area contributed by atoms with Crippen molar-refractivity contribution >= 4 is 12.4 Å². The van der Waals surface area contributed by atoms with Crippen LogP contribution in [0.15, 0.2) is 46.6 Å². The molecule has 2 rings (SSSR count). The summed E-state index contributed by atoms with van der Waals surface area (Å²) in [6, 6.07) is 11.4. The maximum atomic E-state index is 14.0. The molecule has 0 saturated heterocycles. The lowest BCUT2D eigenvalue weighted by Gasteiger charge is -2.04. The van der Waals surface area contributed by atoms with E-state index in [4.69, 9.17) is 5.26 Å². The fourth-order valence-electron chi connectivity index (χ4n) is 2.12. The van der Waals surface area contributed by atoms with Crippen LogP contribution in [0.25, 0.3) is 0 Å². The van der Waals surface area contributed by atoms with Crippen molar-refractivity contribution in [2.24, 2.45) is 10.2 Å². The Labute approximate surface area is 140 Å². The van der Waals surface area contributed by atoms with E-state index in [1.54, 1.807) is 24.3 Å². The summed E-state index contributed by atoms with van der Waals surface area (Å²) in [6.07, 6.45) is 5.02. The minimum absolute atomic E-state index is 0.202. The number of rotatable bonds is 6. The minimum Gasteiger partial charge on any atom is -0.206 e. The SMILES string of the molecule is CCCCc1cc(F)c(/C=N/N=C/c2ccc(C#N)cc2)c(F)c1. The molecule has 24 heavy (non-hydrogen) atoms. The number of hydrogen-bond acceptors (Lipinski definition) is 3. The van der Waals surface area contributed by atoms with Gasteiger partial charge in [-0.1, -0.05) is 25.5 Å². The molecule has 0 aliphatic rings. The smallest absolute Gasteiger partial charge is 0.135 e. The van der Waals surface area contributed by atoms with Gasteiger partial charge in [-0.2, -0.15) is 15.5 Å². The average molecular weight is 325 g/mol. The van der Waals surface area contributed by atoms with E-state index in [0.717, 1.165) is 24.6 Å². The lowest BCUT2D eigenvalue weighted by molar-refractivity contribution is 0.575. The summed E-state index contributed by atoms with van der Waals surface area (Å²) in [6.45, 7) is 2.03. The maximum absolute atomic E-state index is 14.0. The highest BCUT2D eigenvalue weighted by Crippen LogP contribution is 2.15. The molecule has 2 aromatic carbocycles. The van der Waals surface area contributed by atoms with E-state index < -0.39 is 11.6 Å². The molecule has 0 heterocycles. The van der Waals surface area contributed by atoms with Gasteiger partial charge in [-0.3, -0.25) is 0 Å². The Morgan fingerprint density at radius 3 is 2.25 bits per heavy atom. The average Bonchev–Trinajstić information content (AvgIpc) is 2.59. The third kappa shape index (κ3) is 4.82. The van der Waals surface area contributed by atoms with Crippen LogP contribution in [0.2, 0.25) is 0 Å². The zero-order valence-corrected chi connectivity index (χ0v) is 13.3. The molecular formula is C19H17F2N3. The Kier molecular flexibility index (Phi) is 6.32. The molecule has 0 atom stereocenters. The number of halogens is 2. The molecule has 0 spiro atoms. The number of nitriles is 1. The first-order chi connectivity index (χ1) is 11.6. The lowest BCUT2D eigenvalue weighted by Crippen LogP contribution is -1.97. The lowest BCUT2D eigenvalue weighted by atomic mass is 10.1. The van der Waals surface area contributed by atoms with Gasteiger partial charge in [0, 0.05) is 0 Å². The topological polar surface area (TPSA) is 48.5 Å². The standard InChI is InChI=1S/C19H17F2N3/c1-2-3-4-16-9-18(20)17(19(21)10-16)13-24-23-12-15-7-5-14(11-22)6-8-15/h5-10,12-13H,2-4H2,1H3/b23-12+,24-13+. The summed E-state index contributed by atoms with van der Waals surface area (Å²) < 4.78 is 27.9. The van der Waals surface area contributed by atoms with Crippen LogP contribution in [0.5, 0.6) is 0 Å². The molecule has 0 N–H and O–H groups in total. The predicted octanol–water partition coefficient (Wildman–Crippen LogP) is 4.63. The fourth-order valence-corrected chi connectivity index (χ4v) is 2.12. The highest BCUT2D eigenvalue weighted by molar-refractivity contribution is 5.83. The van der Waals surface area contributed by atoms with E-state index in [-0.39, 0.29) is 5.56 Å². The second kappa shape index (κ2) is 8.68. The van der Waals surface area contributed by atoms with Crippen molar-refractivity contribution in [3.8, 4) is 6.07 Å². The minimum atomic E-state index is -0.640. The second-order valence-corrected chi connectivity index (χ2v) is 5.30. The van der Waals surface area contributed by atoms with Gasteiger partial charge >= 0.3 is 0 Å². The van der Waals surface area contributed by atoms with Crippen LogP contribution in [0, 0.1) is 23.0 Å². The monoisotopic (exact) mass is 325 g/mol. The molecule has 0 bridgehead atoms. The molecule has 0 fully saturated rings. The number of hydrogen-bond donors (Lipinski definition) is 0. The molecular weight excluding hydrogens is 308 g/mol. The summed E-state index contributed by atoms with van der Waals surface area (Å²) >= 11 is 0. The molecule has 0 unspecified atom stereocenters. The van der Waals surface area contributed by atoms with Crippen LogP contribution in [0.4, 0.5) is 8.78 Å². The molecule has 2 aromatic rings. The van der Waals surface area contributed by atoms with E-state index >= 15 is 0 Å². The maximum Gasteiger partial charge on any atom is 0.135 e. The van der Waals surface area contributed by atoms with Gasteiger partial charge in [-0.25, -0.2) is 8.78 Å². The quantitative estimate of drug-likeness (QED) is 0.564. The summed E-state index contributed by atoms with van der Waals surface area (Å²) in [7, 11) is 0. The van der Waals surface area contributed by atoms with Crippen LogP contribution in [0.1, 0.15) is 42.0 Å². The molecule has 0 aliphatic carbocycles. The molecule has 0 saturated carbocycles. The molecule has 0 radical (unpaired) electrons. The fraction of sp³-hybridized carbons (Fsp3) is 0.211. The first-order valence-electron chi connectivity index (χ1n) is 7.68. The van der Waals surface area contributed by atoms with Crippen molar-refractivity contribution in [3.05, 3.63) is 70.3 Å². The summed E-state index contributed by atoms with van der Waals surface area (Å²) in [5, 5.41) is 16.2. The Morgan fingerprint density at radius 1 is 1.04 bits per heavy atom. The number of unbranched alkanes of at least 4 members (excludes halogenated alkanes) is 1. The van der Waals surface area contributed by atoms with Crippen LogP contribution < -0.4 is 0 Å². The van der Waals surface area contributed by atoms with Gasteiger partial charge in [0.15, 0.2) is 0 Å². The Balaban J connectivity index is 2.08. The van der Waals surface area contributed by atoms with Gasteiger partial charge in [0.2, 0.25) is 0 Å². The summed E-state index contributed by atoms with van der Waals surface area (Å²) in [4.78, 5) is 0. The van der Waals surface area contributed by atoms with Crippen molar-refractivity contribution < 1.29 is 8.78 Å². The molecule has 5 heteroatoms. The van der Waals surface area contributed by atoms with Crippen molar-refractivity contribution in [2.45, 2.75) is 26.2 Å². The summed E-state index contributed by atoms with van der Waals surface area (Å²) in [5.41, 5.74) is 1.72. The third-order valence-electron chi connectivity index (χ3n) is 3.46. The zero-order chi connectivity index (χ0) is 17.4. The van der Waals surface area contributed by atoms with Gasteiger partial charge in [0.1, 0.15) is 11.6 Å². The van der Waals surface area contributed by atoms with Gasteiger partial charge in [0.25, 0.3) is 0 Å². The molecule has 0 aromatic heterocycles. The van der Waals surface area contributed by atoms with Crippen LogP contribution in [-0.2, 0) is 6.42 Å². The van der Waals surface area contributed by atoms with E-state index in [9.17, 15) is 8.78 Å². The van der Waals surface area contributed by atoms with Crippen molar-refractivity contribution in [1.82, 2.24) is 0 Å². The number of aryl methyl sites for hydroxylation is 1. The van der Waals surface area contributed by atoms with Gasteiger partial charge in [-0.05, 0) is 48.2 Å². The summed E-state index contributed by atoms with van der Waals surface area (Å²) in [5.74, 6) is -1.28. The van der Waals surface area contributed by atoms with Crippen molar-refractivity contribution in [3.63, 3.8) is 0 Å². The highest BCUT2D eigenvalue weighted by Gasteiger charge is 2.09. The third-order valence-corrected chi connectivity index (χ3v) is 3.46. The van der Waals surface area contributed by atoms with E-state index in [2.05, 4.69) is 10.2 Å². The molecule has 122 valence electrons. The first kappa shape index (κ1) is 17.5.